The quantitative estimate of drug-likeness (QED) is 0.515. The van der Waals surface area contributed by atoms with E-state index in [1.807, 2.05) is 67.6 Å². The number of ether oxygens (including phenoxy) is 1. The molecule has 0 bridgehead atoms. The molecule has 6 nitrogen and oxygen atoms in total. The van der Waals surface area contributed by atoms with Crippen LogP contribution in [0.3, 0.4) is 0 Å². The van der Waals surface area contributed by atoms with Crippen molar-refractivity contribution in [2.75, 3.05) is 13.1 Å². The lowest BCUT2D eigenvalue weighted by molar-refractivity contribution is 0.153. The van der Waals surface area contributed by atoms with E-state index in [9.17, 15) is 0 Å². The normalized spacial score (nSPS) is 14.2. The van der Waals surface area contributed by atoms with Gasteiger partial charge >= 0.3 is 0 Å². The van der Waals surface area contributed by atoms with Crippen LogP contribution in [0.4, 0.5) is 0 Å². The van der Waals surface area contributed by atoms with Gasteiger partial charge in [0.1, 0.15) is 18.1 Å². The minimum absolute atomic E-state index is 0.158. The first kappa shape index (κ1) is 19.1. The number of nitrogens with zero attached hydrogens (tertiary/aromatic N) is 3. The van der Waals surface area contributed by atoms with Gasteiger partial charge in [-0.25, -0.2) is 4.98 Å². The van der Waals surface area contributed by atoms with Gasteiger partial charge in [0.05, 0.1) is 5.56 Å². The molecule has 0 saturated carbocycles. The Morgan fingerprint density at radius 1 is 0.897 bits per heavy atom. The van der Waals surface area contributed by atoms with E-state index in [4.69, 9.17) is 9.57 Å². The summed E-state index contributed by atoms with van der Waals surface area (Å²) < 4.78 is 6.08. The van der Waals surface area contributed by atoms with Gasteiger partial charge in [-0.15, -0.1) is 0 Å². The minimum atomic E-state index is 0.158. The number of benzene rings is 2. The van der Waals surface area contributed by atoms with Crippen molar-refractivity contribution in [3.8, 4) is 11.8 Å². The summed E-state index contributed by atoms with van der Waals surface area (Å²) in [6, 6.07) is 19.9. The number of hydrogen-bond acceptors (Lipinski definition) is 6. The molecule has 0 unspecified atom stereocenters. The molecule has 148 valence electrons. The SMILES string of the molecule is Cc1c(ON=C(c2ccccc2)c2ccccc2)ncnc1OC1CCNCC1. The third-order valence-electron chi connectivity index (χ3n) is 4.87. The summed E-state index contributed by atoms with van der Waals surface area (Å²) >= 11 is 0. The van der Waals surface area contributed by atoms with Gasteiger partial charge in [0.25, 0.3) is 5.88 Å². The Bertz CT molecular complexity index is 914. The lowest BCUT2D eigenvalue weighted by Crippen LogP contribution is -2.34. The maximum absolute atomic E-state index is 6.08. The number of piperidine rings is 1. The van der Waals surface area contributed by atoms with Gasteiger partial charge in [0.2, 0.25) is 5.88 Å². The highest BCUT2D eigenvalue weighted by Gasteiger charge is 2.18. The van der Waals surface area contributed by atoms with Crippen molar-refractivity contribution in [1.82, 2.24) is 15.3 Å². The zero-order valence-corrected chi connectivity index (χ0v) is 16.4. The molecule has 2 heterocycles. The van der Waals surface area contributed by atoms with Crippen molar-refractivity contribution in [3.05, 3.63) is 83.7 Å². The lowest BCUT2D eigenvalue weighted by Gasteiger charge is -2.23. The topological polar surface area (TPSA) is 68.6 Å². The largest absolute Gasteiger partial charge is 0.474 e. The Labute approximate surface area is 170 Å². The zero-order chi connectivity index (χ0) is 19.9. The summed E-state index contributed by atoms with van der Waals surface area (Å²) in [7, 11) is 0. The van der Waals surface area contributed by atoms with Gasteiger partial charge in [-0.05, 0) is 32.9 Å². The molecule has 1 aliphatic heterocycles. The fraction of sp³-hybridized carbons (Fsp3) is 0.261. The molecular weight excluding hydrogens is 364 g/mol. The summed E-state index contributed by atoms with van der Waals surface area (Å²) in [6.07, 6.45) is 3.54. The predicted octanol–water partition coefficient (Wildman–Crippen LogP) is 3.75. The molecule has 0 atom stereocenters. The van der Waals surface area contributed by atoms with Crippen LogP contribution in [0.2, 0.25) is 0 Å². The predicted molar refractivity (Wildman–Crippen MR) is 112 cm³/mol. The lowest BCUT2D eigenvalue weighted by atomic mass is 10.0. The second kappa shape index (κ2) is 9.30. The molecule has 1 aliphatic rings. The van der Waals surface area contributed by atoms with Crippen LogP contribution in [0.15, 0.2) is 72.1 Å². The van der Waals surface area contributed by atoms with Gasteiger partial charge in [-0.3, -0.25) is 0 Å². The van der Waals surface area contributed by atoms with Crippen molar-refractivity contribution in [2.24, 2.45) is 5.16 Å². The fourth-order valence-corrected chi connectivity index (χ4v) is 3.25. The van der Waals surface area contributed by atoms with Crippen molar-refractivity contribution in [3.63, 3.8) is 0 Å². The molecule has 1 N–H and O–H groups in total. The van der Waals surface area contributed by atoms with E-state index in [0.29, 0.717) is 11.8 Å². The first-order valence-corrected chi connectivity index (χ1v) is 9.86. The van der Waals surface area contributed by atoms with Gasteiger partial charge in [0, 0.05) is 11.1 Å². The molecule has 1 aromatic heterocycles. The highest BCUT2D eigenvalue weighted by Crippen LogP contribution is 2.25. The maximum Gasteiger partial charge on any atom is 0.258 e. The molecule has 29 heavy (non-hydrogen) atoms. The fourth-order valence-electron chi connectivity index (χ4n) is 3.25. The smallest absolute Gasteiger partial charge is 0.258 e. The van der Waals surface area contributed by atoms with Crippen LogP contribution in [0.5, 0.6) is 11.8 Å². The summed E-state index contributed by atoms with van der Waals surface area (Å²) in [5.74, 6) is 0.950. The van der Waals surface area contributed by atoms with Crippen LogP contribution in [0, 0.1) is 6.92 Å². The highest BCUT2D eigenvalue weighted by atomic mass is 16.6. The van der Waals surface area contributed by atoms with E-state index in [0.717, 1.165) is 48.3 Å². The van der Waals surface area contributed by atoms with Crippen molar-refractivity contribution in [1.29, 1.82) is 0 Å². The van der Waals surface area contributed by atoms with E-state index in [1.54, 1.807) is 0 Å². The molecule has 0 aliphatic carbocycles. The van der Waals surface area contributed by atoms with E-state index >= 15 is 0 Å². The van der Waals surface area contributed by atoms with Crippen molar-refractivity contribution in [2.45, 2.75) is 25.9 Å². The average molecular weight is 388 g/mol. The maximum atomic E-state index is 6.08. The first-order chi connectivity index (χ1) is 14.3. The van der Waals surface area contributed by atoms with Crippen molar-refractivity contribution < 1.29 is 9.57 Å². The number of oxime groups is 1. The summed E-state index contributed by atoms with van der Waals surface area (Å²) in [6.45, 7) is 3.81. The van der Waals surface area contributed by atoms with E-state index in [-0.39, 0.29) is 6.10 Å². The van der Waals surface area contributed by atoms with Crippen LogP contribution in [0.1, 0.15) is 29.5 Å². The third kappa shape index (κ3) is 4.78. The van der Waals surface area contributed by atoms with Gasteiger partial charge in [-0.2, -0.15) is 4.98 Å². The number of hydrogen-bond donors (Lipinski definition) is 1. The summed E-state index contributed by atoms with van der Waals surface area (Å²) in [5.41, 5.74) is 3.42. The molecule has 0 radical (unpaired) electrons. The van der Waals surface area contributed by atoms with Gasteiger partial charge in [0.15, 0.2) is 0 Å². The molecule has 2 aromatic carbocycles. The van der Waals surface area contributed by atoms with E-state index in [2.05, 4.69) is 20.4 Å². The average Bonchev–Trinajstić information content (AvgIpc) is 2.78. The summed E-state index contributed by atoms with van der Waals surface area (Å²) in [5, 5.41) is 7.78. The first-order valence-electron chi connectivity index (χ1n) is 9.86. The number of nitrogens with one attached hydrogen (secondary N) is 1. The van der Waals surface area contributed by atoms with Crippen LogP contribution in [-0.4, -0.2) is 34.9 Å². The van der Waals surface area contributed by atoms with Gasteiger partial charge in [-0.1, -0.05) is 65.8 Å². The molecule has 3 aromatic rings. The Balaban J connectivity index is 1.59. The molecule has 0 spiro atoms. The molecular formula is C23H24N4O2. The van der Waals surface area contributed by atoms with Crippen LogP contribution in [-0.2, 0) is 0 Å². The summed E-state index contributed by atoms with van der Waals surface area (Å²) in [4.78, 5) is 14.3. The number of aromatic nitrogens is 2. The zero-order valence-electron chi connectivity index (χ0n) is 16.4. The molecule has 1 fully saturated rings. The Morgan fingerprint density at radius 3 is 2.10 bits per heavy atom. The Kier molecular flexibility index (Phi) is 6.12. The molecule has 4 rings (SSSR count). The second-order valence-electron chi connectivity index (χ2n) is 6.94. The third-order valence-corrected chi connectivity index (χ3v) is 4.87. The Hall–Kier alpha value is -3.25. The van der Waals surface area contributed by atoms with Crippen LogP contribution < -0.4 is 14.9 Å². The monoisotopic (exact) mass is 388 g/mol. The Morgan fingerprint density at radius 2 is 1.48 bits per heavy atom. The van der Waals surface area contributed by atoms with Crippen LogP contribution in [0.25, 0.3) is 0 Å². The second-order valence-corrected chi connectivity index (χ2v) is 6.94. The number of rotatable bonds is 6. The minimum Gasteiger partial charge on any atom is -0.474 e. The van der Waals surface area contributed by atoms with E-state index < -0.39 is 0 Å². The molecule has 1 saturated heterocycles. The molecule has 0 amide bonds. The van der Waals surface area contributed by atoms with Crippen molar-refractivity contribution >= 4 is 5.71 Å². The van der Waals surface area contributed by atoms with Crippen LogP contribution >= 0.6 is 0 Å². The highest BCUT2D eigenvalue weighted by molar-refractivity contribution is 6.12. The molecule has 6 heteroatoms. The van der Waals surface area contributed by atoms with E-state index in [1.165, 1.54) is 6.33 Å². The van der Waals surface area contributed by atoms with Gasteiger partial charge < -0.3 is 14.9 Å². The standard InChI is InChI=1S/C23H24N4O2/c1-17-22(28-20-12-14-24-15-13-20)25-16-26-23(17)29-27-21(18-8-4-2-5-9-18)19-10-6-3-7-11-19/h2-11,16,20,24H,12-15H2,1H3.